The Hall–Kier alpha value is -2.04. The van der Waals surface area contributed by atoms with Crippen LogP contribution in [-0.2, 0) is 12.6 Å². The van der Waals surface area contributed by atoms with Crippen LogP contribution < -0.4 is 4.74 Å². The van der Waals surface area contributed by atoms with Crippen LogP contribution in [0.15, 0.2) is 48.5 Å². The molecule has 0 fully saturated rings. The van der Waals surface area contributed by atoms with Crippen LogP contribution in [0.5, 0.6) is 5.75 Å². The fourth-order valence-electron chi connectivity index (χ4n) is 2.49. The van der Waals surface area contributed by atoms with Crippen LogP contribution in [0.1, 0.15) is 36.8 Å². The van der Waals surface area contributed by atoms with Gasteiger partial charge in [0.25, 0.3) is 0 Å². The number of unbranched alkanes of at least 4 members (excludes halogenated alkanes) is 3. The Bertz CT molecular complexity index is 637. The summed E-state index contributed by atoms with van der Waals surface area (Å²) in [5, 5.41) is 0. The third-order valence-electron chi connectivity index (χ3n) is 3.70. The average molecular weight is 340 g/mol. The minimum Gasteiger partial charge on any atom is -0.493 e. The molecule has 0 bridgehead atoms. The molecule has 0 heterocycles. The molecule has 0 aromatic heterocycles. The second-order valence-corrected chi connectivity index (χ2v) is 5.64. The number of para-hydroxylation sites is 1. The van der Waals surface area contributed by atoms with Crippen molar-refractivity contribution in [1.29, 1.82) is 0 Å². The highest BCUT2D eigenvalue weighted by atomic mass is 19.4. The normalized spacial score (nSPS) is 11.5. The van der Waals surface area contributed by atoms with E-state index >= 15 is 0 Å². The molecule has 0 aliphatic carbocycles. The average Bonchev–Trinajstić information content (AvgIpc) is 2.53. The number of rotatable bonds is 8. The summed E-state index contributed by atoms with van der Waals surface area (Å²) >= 11 is 0. The van der Waals surface area contributed by atoms with E-state index in [2.05, 4.69) is 0 Å². The SMILES string of the molecule is Fc1cccc(CCCCCCOc2ccccc2C(F)(F)F)c1. The molecular weight excluding hydrogens is 320 g/mol. The van der Waals surface area contributed by atoms with Gasteiger partial charge in [0, 0.05) is 0 Å². The smallest absolute Gasteiger partial charge is 0.419 e. The third kappa shape index (κ3) is 5.87. The second-order valence-electron chi connectivity index (χ2n) is 5.64. The molecule has 0 aliphatic heterocycles. The lowest BCUT2D eigenvalue weighted by atomic mass is 10.1. The Morgan fingerprint density at radius 2 is 1.58 bits per heavy atom. The molecule has 0 N–H and O–H groups in total. The maximum atomic E-state index is 13.0. The number of benzene rings is 2. The number of ether oxygens (including phenoxy) is 1. The molecular formula is C19H20F4O. The quantitative estimate of drug-likeness (QED) is 0.421. The molecule has 2 rings (SSSR count). The zero-order valence-electron chi connectivity index (χ0n) is 13.3. The number of hydrogen-bond donors (Lipinski definition) is 0. The van der Waals surface area contributed by atoms with Crippen molar-refractivity contribution in [2.45, 2.75) is 38.3 Å². The van der Waals surface area contributed by atoms with Crippen molar-refractivity contribution in [3.05, 3.63) is 65.5 Å². The van der Waals surface area contributed by atoms with Gasteiger partial charge in [0.1, 0.15) is 11.6 Å². The van der Waals surface area contributed by atoms with E-state index in [0.29, 0.717) is 6.42 Å². The molecule has 0 amide bonds. The molecule has 2 aromatic carbocycles. The predicted molar refractivity (Wildman–Crippen MR) is 85.5 cm³/mol. The highest BCUT2D eigenvalue weighted by Crippen LogP contribution is 2.35. The van der Waals surface area contributed by atoms with E-state index in [1.807, 2.05) is 6.07 Å². The van der Waals surface area contributed by atoms with Crippen molar-refractivity contribution >= 4 is 0 Å². The van der Waals surface area contributed by atoms with Gasteiger partial charge >= 0.3 is 6.18 Å². The standard InChI is InChI=1S/C19H20F4O/c20-16-10-7-9-15(14-16)8-3-1-2-6-13-24-18-12-5-4-11-17(18)19(21,22)23/h4-5,7,9-12,14H,1-3,6,8,13H2. The molecule has 130 valence electrons. The highest BCUT2D eigenvalue weighted by molar-refractivity contribution is 5.35. The number of alkyl halides is 3. The summed E-state index contributed by atoms with van der Waals surface area (Å²) in [6, 6.07) is 11.8. The van der Waals surface area contributed by atoms with Gasteiger partial charge in [0.05, 0.1) is 12.2 Å². The molecule has 24 heavy (non-hydrogen) atoms. The van der Waals surface area contributed by atoms with Gasteiger partial charge in [-0.3, -0.25) is 0 Å². The number of hydrogen-bond acceptors (Lipinski definition) is 1. The van der Waals surface area contributed by atoms with Crippen LogP contribution in [0.4, 0.5) is 17.6 Å². The largest absolute Gasteiger partial charge is 0.493 e. The van der Waals surface area contributed by atoms with Crippen molar-refractivity contribution < 1.29 is 22.3 Å². The van der Waals surface area contributed by atoms with Gasteiger partial charge in [0.2, 0.25) is 0 Å². The third-order valence-corrected chi connectivity index (χ3v) is 3.70. The summed E-state index contributed by atoms with van der Waals surface area (Å²) in [7, 11) is 0. The number of aryl methyl sites for hydroxylation is 1. The molecule has 2 aromatic rings. The minimum atomic E-state index is -4.40. The van der Waals surface area contributed by atoms with Crippen LogP contribution in [0.25, 0.3) is 0 Å². The fourth-order valence-corrected chi connectivity index (χ4v) is 2.49. The van der Waals surface area contributed by atoms with Crippen molar-refractivity contribution in [2.24, 2.45) is 0 Å². The Morgan fingerprint density at radius 3 is 2.33 bits per heavy atom. The summed E-state index contributed by atoms with van der Waals surface area (Å²) in [5.41, 5.74) is 0.224. The zero-order chi connectivity index (χ0) is 17.4. The Labute approximate surface area is 139 Å². The van der Waals surface area contributed by atoms with Gasteiger partial charge < -0.3 is 4.74 Å². The van der Waals surface area contributed by atoms with Crippen molar-refractivity contribution in [3.63, 3.8) is 0 Å². The lowest BCUT2D eigenvalue weighted by molar-refractivity contribution is -0.138. The summed E-state index contributed by atoms with van der Waals surface area (Å²) in [5.74, 6) is -0.353. The molecule has 1 nitrogen and oxygen atoms in total. The molecule has 0 spiro atoms. The number of halogens is 4. The van der Waals surface area contributed by atoms with E-state index in [-0.39, 0.29) is 18.2 Å². The molecule has 0 saturated heterocycles. The van der Waals surface area contributed by atoms with E-state index < -0.39 is 11.7 Å². The van der Waals surface area contributed by atoms with E-state index in [4.69, 9.17) is 4.74 Å². The van der Waals surface area contributed by atoms with Crippen LogP contribution in [-0.4, -0.2) is 6.61 Å². The van der Waals surface area contributed by atoms with Crippen molar-refractivity contribution in [1.82, 2.24) is 0 Å². The van der Waals surface area contributed by atoms with Gasteiger partial charge in [-0.1, -0.05) is 37.1 Å². The van der Waals surface area contributed by atoms with Gasteiger partial charge in [-0.2, -0.15) is 13.2 Å². The maximum Gasteiger partial charge on any atom is 0.419 e. The molecule has 5 heteroatoms. The van der Waals surface area contributed by atoms with Crippen LogP contribution in [0.2, 0.25) is 0 Å². The van der Waals surface area contributed by atoms with Crippen molar-refractivity contribution in [2.75, 3.05) is 6.61 Å². The second kappa shape index (κ2) is 8.71. The van der Waals surface area contributed by atoms with Crippen LogP contribution in [0.3, 0.4) is 0 Å². The predicted octanol–water partition coefficient (Wildman–Crippen LogP) is 6.03. The molecule has 0 aliphatic rings. The first kappa shape index (κ1) is 18.3. The van der Waals surface area contributed by atoms with Crippen LogP contribution >= 0.6 is 0 Å². The van der Waals surface area contributed by atoms with Gasteiger partial charge in [-0.25, -0.2) is 4.39 Å². The first-order valence-electron chi connectivity index (χ1n) is 8.00. The first-order valence-corrected chi connectivity index (χ1v) is 8.00. The van der Waals surface area contributed by atoms with Gasteiger partial charge in [-0.05, 0) is 49.1 Å². The first-order chi connectivity index (χ1) is 11.5. The maximum absolute atomic E-state index is 13.0. The fraction of sp³-hybridized carbons (Fsp3) is 0.368. The Kier molecular flexibility index (Phi) is 6.64. The Balaban J connectivity index is 1.65. The minimum absolute atomic E-state index is 0.121. The zero-order valence-corrected chi connectivity index (χ0v) is 13.3. The van der Waals surface area contributed by atoms with Crippen LogP contribution in [0, 0.1) is 5.82 Å². The summed E-state index contributed by atoms with van der Waals surface area (Å²) < 4.78 is 56.7. The monoisotopic (exact) mass is 340 g/mol. The van der Waals surface area contributed by atoms with E-state index in [1.165, 1.54) is 30.3 Å². The van der Waals surface area contributed by atoms with E-state index in [1.54, 1.807) is 6.07 Å². The molecule has 0 unspecified atom stereocenters. The lowest BCUT2D eigenvalue weighted by Gasteiger charge is -2.13. The summed E-state index contributed by atoms with van der Waals surface area (Å²) in [6.45, 7) is 0.257. The van der Waals surface area contributed by atoms with Crippen molar-refractivity contribution in [3.8, 4) is 5.75 Å². The topological polar surface area (TPSA) is 9.23 Å². The summed E-state index contributed by atoms with van der Waals surface area (Å²) in [4.78, 5) is 0. The van der Waals surface area contributed by atoms with E-state index in [9.17, 15) is 17.6 Å². The lowest BCUT2D eigenvalue weighted by Crippen LogP contribution is -2.09. The Morgan fingerprint density at radius 1 is 0.833 bits per heavy atom. The summed E-state index contributed by atoms with van der Waals surface area (Å²) in [6.07, 6.45) is -0.195. The molecule has 0 saturated carbocycles. The molecule has 0 atom stereocenters. The highest BCUT2D eigenvalue weighted by Gasteiger charge is 2.33. The van der Waals surface area contributed by atoms with Gasteiger partial charge in [-0.15, -0.1) is 0 Å². The van der Waals surface area contributed by atoms with Gasteiger partial charge in [0.15, 0.2) is 0 Å². The molecule has 0 radical (unpaired) electrons. The van der Waals surface area contributed by atoms with E-state index in [0.717, 1.165) is 37.3 Å².